The predicted octanol–water partition coefficient (Wildman–Crippen LogP) is 9.23. The maximum absolute atomic E-state index is 11.9. The van der Waals surface area contributed by atoms with E-state index in [0.717, 1.165) is 19.3 Å². The zero-order chi connectivity index (χ0) is 27.2. The monoisotopic (exact) mass is 526 g/mol. The minimum atomic E-state index is -0.757. The molecule has 0 aliphatic carbocycles. The van der Waals surface area contributed by atoms with Crippen molar-refractivity contribution in [3.63, 3.8) is 0 Å². The Morgan fingerprint density at radius 1 is 0.541 bits per heavy atom. The lowest BCUT2D eigenvalue weighted by atomic mass is 10.0. The van der Waals surface area contributed by atoms with Crippen LogP contribution in [0.1, 0.15) is 174 Å². The quantitative estimate of drug-likeness (QED) is 0.0776. The summed E-state index contributed by atoms with van der Waals surface area (Å²) in [6.45, 7) is 3.58. The Hall–Kier alpha value is -1.10. The molecule has 0 aromatic carbocycles. The van der Waals surface area contributed by atoms with Gasteiger partial charge in [-0.05, 0) is 6.42 Å². The van der Waals surface area contributed by atoms with Gasteiger partial charge in [-0.25, -0.2) is 0 Å². The van der Waals surface area contributed by atoms with Gasteiger partial charge in [-0.15, -0.1) is 0 Å². The number of rotatable bonds is 29. The van der Waals surface area contributed by atoms with Crippen LogP contribution in [-0.2, 0) is 19.1 Å². The maximum atomic E-state index is 11.9. The minimum Gasteiger partial charge on any atom is -0.462 e. The highest BCUT2D eigenvalue weighted by atomic mass is 16.6. The number of ether oxygens (including phenoxy) is 2. The normalized spacial score (nSPS) is 12.0. The number of carbonyl (C=O) groups is 2. The largest absolute Gasteiger partial charge is 0.462 e. The molecule has 0 bridgehead atoms. The van der Waals surface area contributed by atoms with E-state index in [0.29, 0.717) is 6.42 Å². The van der Waals surface area contributed by atoms with Crippen LogP contribution < -0.4 is 0 Å². The van der Waals surface area contributed by atoms with Crippen LogP contribution in [0.3, 0.4) is 0 Å². The van der Waals surface area contributed by atoms with Crippen molar-refractivity contribution in [2.45, 2.75) is 180 Å². The lowest BCUT2D eigenvalue weighted by Gasteiger charge is -2.15. The van der Waals surface area contributed by atoms with Crippen molar-refractivity contribution in [1.29, 1.82) is 0 Å². The summed E-state index contributed by atoms with van der Waals surface area (Å²) in [7, 11) is 0. The highest BCUT2D eigenvalue weighted by Gasteiger charge is 2.15. The molecule has 0 saturated carbocycles. The van der Waals surface area contributed by atoms with E-state index in [2.05, 4.69) is 6.92 Å². The van der Waals surface area contributed by atoms with Gasteiger partial charge in [0.15, 0.2) is 6.10 Å². The van der Waals surface area contributed by atoms with E-state index in [9.17, 15) is 14.7 Å². The van der Waals surface area contributed by atoms with Crippen molar-refractivity contribution < 1.29 is 24.2 Å². The maximum Gasteiger partial charge on any atom is 0.306 e. The van der Waals surface area contributed by atoms with Crippen molar-refractivity contribution in [1.82, 2.24) is 0 Å². The minimum absolute atomic E-state index is 0.0751. The molecule has 0 rings (SSSR count). The smallest absolute Gasteiger partial charge is 0.306 e. The van der Waals surface area contributed by atoms with Crippen LogP contribution in [0.5, 0.6) is 0 Å². The lowest BCUT2D eigenvalue weighted by molar-refractivity contribution is -0.161. The molecule has 0 spiro atoms. The number of aliphatic hydroxyl groups is 1. The van der Waals surface area contributed by atoms with Gasteiger partial charge in [-0.1, -0.05) is 155 Å². The molecule has 220 valence electrons. The Morgan fingerprint density at radius 2 is 0.892 bits per heavy atom. The van der Waals surface area contributed by atoms with E-state index >= 15 is 0 Å². The highest BCUT2D eigenvalue weighted by Crippen LogP contribution is 2.15. The fraction of sp³-hybridized carbons (Fsp3) is 0.938. The summed E-state index contributed by atoms with van der Waals surface area (Å²) in [5.41, 5.74) is 0. The van der Waals surface area contributed by atoms with Gasteiger partial charge in [-0.2, -0.15) is 0 Å². The molecule has 0 saturated heterocycles. The molecule has 1 N–H and O–H groups in total. The standard InChI is InChI=1S/C32H62O5/c1-3-5-6-7-8-9-10-11-12-13-14-15-16-17-18-19-20-21-22-23-24-25-26-27-32(35)37-30(28-33)29-36-31(34)4-2/h30,33H,3-29H2,1-2H3. The highest BCUT2D eigenvalue weighted by molar-refractivity contribution is 5.70. The summed E-state index contributed by atoms with van der Waals surface area (Å²) < 4.78 is 10.1. The molecule has 1 unspecified atom stereocenters. The molecular formula is C32H62O5. The van der Waals surface area contributed by atoms with Gasteiger partial charge in [0.1, 0.15) is 6.61 Å². The van der Waals surface area contributed by atoms with Crippen molar-refractivity contribution in [3.8, 4) is 0 Å². The van der Waals surface area contributed by atoms with Crippen LogP contribution in [-0.4, -0.2) is 36.4 Å². The molecule has 0 heterocycles. The van der Waals surface area contributed by atoms with Gasteiger partial charge in [-0.3, -0.25) is 9.59 Å². The van der Waals surface area contributed by atoms with Gasteiger partial charge >= 0.3 is 11.9 Å². The number of esters is 2. The first-order valence-corrected chi connectivity index (χ1v) is 16.1. The van der Waals surface area contributed by atoms with Crippen molar-refractivity contribution >= 4 is 11.9 Å². The first kappa shape index (κ1) is 35.9. The molecule has 0 aromatic heterocycles. The predicted molar refractivity (Wildman–Crippen MR) is 155 cm³/mol. The van der Waals surface area contributed by atoms with Gasteiger partial charge in [0, 0.05) is 12.8 Å². The third kappa shape index (κ3) is 27.7. The zero-order valence-electron chi connectivity index (χ0n) is 24.7. The van der Waals surface area contributed by atoms with Crippen molar-refractivity contribution in [2.75, 3.05) is 13.2 Å². The summed E-state index contributed by atoms with van der Waals surface area (Å²) in [6.07, 6.45) is 30.9. The van der Waals surface area contributed by atoms with Crippen LogP contribution in [0.15, 0.2) is 0 Å². The first-order valence-electron chi connectivity index (χ1n) is 16.1. The zero-order valence-corrected chi connectivity index (χ0v) is 24.7. The Morgan fingerprint density at radius 3 is 1.22 bits per heavy atom. The summed E-state index contributed by atoms with van der Waals surface area (Å²) in [5, 5.41) is 9.25. The average molecular weight is 527 g/mol. The first-order chi connectivity index (χ1) is 18.1. The summed E-state index contributed by atoms with van der Waals surface area (Å²) in [4.78, 5) is 23.0. The van der Waals surface area contributed by atoms with Gasteiger partial charge in [0.05, 0.1) is 6.61 Å². The van der Waals surface area contributed by atoms with Gasteiger partial charge < -0.3 is 14.6 Å². The SMILES string of the molecule is CCCCCCCCCCCCCCCCCCCCCCCCCC(=O)OC(CO)COC(=O)CC. The Balaban J connectivity index is 3.26. The number of aliphatic hydroxyl groups excluding tert-OH is 1. The van der Waals surface area contributed by atoms with Crippen LogP contribution in [0.25, 0.3) is 0 Å². The molecule has 0 aromatic rings. The van der Waals surface area contributed by atoms with E-state index in [1.54, 1.807) is 6.92 Å². The molecule has 0 aliphatic rings. The third-order valence-corrected chi connectivity index (χ3v) is 7.21. The van der Waals surface area contributed by atoms with Gasteiger partial charge in [0.25, 0.3) is 0 Å². The summed E-state index contributed by atoms with van der Waals surface area (Å²) >= 11 is 0. The van der Waals surface area contributed by atoms with Crippen LogP contribution >= 0.6 is 0 Å². The van der Waals surface area contributed by atoms with E-state index in [-0.39, 0.29) is 31.6 Å². The molecular weight excluding hydrogens is 464 g/mol. The van der Waals surface area contributed by atoms with E-state index < -0.39 is 6.10 Å². The lowest BCUT2D eigenvalue weighted by Crippen LogP contribution is -2.28. The molecule has 1 atom stereocenters. The molecule has 37 heavy (non-hydrogen) atoms. The fourth-order valence-corrected chi connectivity index (χ4v) is 4.71. The van der Waals surface area contributed by atoms with Crippen LogP contribution in [0.4, 0.5) is 0 Å². The second kappa shape index (κ2) is 29.5. The van der Waals surface area contributed by atoms with Crippen molar-refractivity contribution in [2.24, 2.45) is 0 Å². The Kier molecular flexibility index (Phi) is 28.6. The Labute approximate surface area is 229 Å². The topological polar surface area (TPSA) is 72.8 Å². The molecule has 0 aliphatic heterocycles. The van der Waals surface area contributed by atoms with E-state index in [4.69, 9.17) is 9.47 Å². The molecule has 0 amide bonds. The number of unbranched alkanes of at least 4 members (excludes halogenated alkanes) is 22. The molecule has 0 fully saturated rings. The van der Waals surface area contributed by atoms with E-state index in [1.165, 1.54) is 128 Å². The van der Waals surface area contributed by atoms with Crippen LogP contribution in [0.2, 0.25) is 0 Å². The number of carbonyl (C=O) groups excluding carboxylic acids is 2. The van der Waals surface area contributed by atoms with Gasteiger partial charge in [0.2, 0.25) is 0 Å². The summed E-state index contributed by atoms with van der Waals surface area (Å²) in [5.74, 6) is -0.681. The average Bonchev–Trinajstić information content (AvgIpc) is 2.91. The van der Waals surface area contributed by atoms with Crippen molar-refractivity contribution in [3.05, 3.63) is 0 Å². The Bertz CT molecular complexity index is 494. The molecule has 0 radical (unpaired) electrons. The molecule has 5 nitrogen and oxygen atoms in total. The fourth-order valence-electron chi connectivity index (χ4n) is 4.71. The second-order valence-electron chi connectivity index (χ2n) is 10.9. The van der Waals surface area contributed by atoms with E-state index in [1.807, 2.05) is 0 Å². The molecule has 5 heteroatoms. The number of hydrogen-bond acceptors (Lipinski definition) is 5. The second-order valence-corrected chi connectivity index (χ2v) is 10.9. The third-order valence-electron chi connectivity index (χ3n) is 7.21. The summed E-state index contributed by atoms with van der Waals surface area (Å²) in [6, 6.07) is 0. The number of hydrogen-bond donors (Lipinski definition) is 1. The van der Waals surface area contributed by atoms with Crippen LogP contribution in [0, 0.1) is 0 Å².